The fraction of sp³-hybridized carbons (Fsp3) is 0.632. The first-order valence-corrected chi connectivity index (χ1v) is 10.5. The Morgan fingerprint density at radius 3 is 2.60 bits per heavy atom. The van der Waals surface area contributed by atoms with E-state index in [1.54, 1.807) is 0 Å². The van der Waals surface area contributed by atoms with Gasteiger partial charge in [0, 0.05) is 31.9 Å². The van der Waals surface area contributed by atoms with Crippen molar-refractivity contribution in [2.24, 2.45) is 4.99 Å². The van der Waals surface area contributed by atoms with Crippen LogP contribution in [-0.4, -0.2) is 68.8 Å². The third-order valence-corrected chi connectivity index (χ3v) is 4.93. The van der Waals surface area contributed by atoms with Gasteiger partial charge in [0.1, 0.15) is 0 Å². The number of aryl methyl sites for hydroxylation is 1. The zero-order valence-corrected chi connectivity index (χ0v) is 16.6. The number of nitrogens with zero attached hydrogens (tertiary/aromatic N) is 2. The van der Waals surface area contributed by atoms with Crippen LogP contribution in [0, 0.1) is 6.92 Å². The summed E-state index contributed by atoms with van der Waals surface area (Å²) in [5.41, 5.74) is 2.62. The molecule has 1 unspecified atom stereocenters. The lowest BCUT2D eigenvalue weighted by Crippen LogP contribution is -2.42. The highest BCUT2D eigenvalue weighted by atomic mass is 32.2. The molecule has 2 rings (SSSR count). The van der Waals surface area contributed by atoms with Gasteiger partial charge in [-0.1, -0.05) is 29.8 Å². The highest BCUT2D eigenvalue weighted by molar-refractivity contribution is 7.98. The molecule has 1 aromatic carbocycles. The molecule has 0 bridgehead atoms. The van der Waals surface area contributed by atoms with E-state index < -0.39 is 0 Å². The van der Waals surface area contributed by atoms with E-state index in [0.717, 1.165) is 57.6 Å². The SMILES string of the molecule is CCNC(=NCC(c1ccc(C)cc1)N1CCOCC1)NCCSC. The van der Waals surface area contributed by atoms with Gasteiger partial charge in [-0.15, -0.1) is 0 Å². The predicted octanol–water partition coefficient (Wildman–Crippen LogP) is 2.29. The van der Waals surface area contributed by atoms with Crippen LogP contribution in [0.3, 0.4) is 0 Å². The number of hydrogen-bond acceptors (Lipinski definition) is 4. The fourth-order valence-corrected chi connectivity index (χ4v) is 3.21. The highest BCUT2D eigenvalue weighted by Crippen LogP contribution is 2.22. The second-order valence-corrected chi connectivity index (χ2v) is 7.20. The molecule has 0 aliphatic carbocycles. The molecule has 1 aliphatic rings. The molecule has 0 amide bonds. The minimum absolute atomic E-state index is 0.292. The Hall–Kier alpha value is -1.24. The quantitative estimate of drug-likeness (QED) is 0.421. The minimum atomic E-state index is 0.292. The summed E-state index contributed by atoms with van der Waals surface area (Å²) in [5.74, 6) is 1.98. The summed E-state index contributed by atoms with van der Waals surface area (Å²) < 4.78 is 5.53. The zero-order chi connectivity index (χ0) is 17.9. The third kappa shape index (κ3) is 6.88. The molecule has 0 spiro atoms. The van der Waals surface area contributed by atoms with Gasteiger partial charge in [0.05, 0.1) is 25.8 Å². The molecule has 25 heavy (non-hydrogen) atoms. The number of benzene rings is 1. The number of morpholine rings is 1. The summed E-state index contributed by atoms with van der Waals surface area (Å²) in [6.07, 6.45) is 2.12. The van der Waals surface area contributed by atoms with Crippen molar-refractivity contribution in [3.8, 4) is 0 Å². The predicted molar refractivity (Wildman–Crippen MR) is 109 cm³/mol. The molecule has 1 aromatic rings. The Kier molecular flexibility index (Phi) is 9.15. The van der Waals surface area contributed by atoms with Crippen LogP contribution in [0.1, 0.15) is 24.1 Å². The number of hydrogen-bond donors (Lipinski definition) is 2. The number of ether oxygens (including phenoxy) is 1. The first kappa shape index (κ1) is 20.1. The standard InChI is InChI=1S/C19H32N4OS/c1-4-20-19(21-9-14-25-3)22-15-18(23-10-12-24-13-11-23)17-7-5-16(2)6-8-17/h5-8,18H,4,9-15H2,1-3H3,(H2,20,21,22). The first-order valence-electron chi connectivity index (χ1n) is 9.14. The van der Waals surface area contributed by atoms with Crippen LogP contribution in [0.4, 0.5) is 0 Å². The van der Waals surface area contributed by atoms with Crippen LogP contribution in [0.25, 0.3) is 0 Å². The van der Waals surface area contributed by atoms with E-state index in [1.165, 1.54) is 11.1 Å². The Morgan fingerprint density at radius 1 is 1.24 bits per heavy atom. The lowest BCUT2D eigenvalue weighted by molar-refractivity contribution is 0.0179. The molecule has 1 fully saturated rings. The minimum Gasteiger partial charge on any atom is -0.379 e. The van der Waals surface area contributed by atoms with Crippen LogP contribution in [0.5, 0.6) is 0 Å². The van der Waals surface area contributed by atoms with Gasteiger partial charge in [0.25, 0.3) is 0 Å². The number of guanidine groups is 1. The number of nitrogens with one attached hydrogen (secondary N) is 2. The van der Waals surface area contributed by atoms with E-state index >= 15 is 0 Å². The van der Waals surface area contributed by atoms with Crippen molar-refractivity contribution in [2.45, 2.75) is 19.9 Å². The topological polar surface area (TPSA) is 48.9 Å². The summed E-state index contributed by atoms with van der Waals surface area (Å²) in [6, 6.07) is 9.14. The smallest absolute Gasteiger partial charge is 0.191 e. The van der Waals surface area contributed by atoms with Crippen LogP contribution in [0.15, 0.2) is 29.3 Å². The van der Waals surface area contributed by atoms with Gasteiger partial charge in [0.15, 0.2) is 5.96 Å². The third-order valence-electron chi connectivity index (χ3n) is 4.31. The lowest BCUT2D eigenvalue weighted by atomic mass is 10.0. The summed E-state index contributed by atoms with van der Waals surface area (Å²) in [6.45, 7) is 10.3. The average molecular weight is 365 g/mol. The Labute approximate surface area is 156 Å². The van der Waals surface area contributed by atoms with E-state index in [4.69, 9.17) is 9.73 Å². The molecule has 1 heterocycles. The number of rotatable bonds is 8. The highest BCUT2D eigenvalue weighted by Gasteiger charge is 2.22. The van der Waals surface area contributed by atoms with Gasteiger partial charge < -0.3 is 15.4 Å². The van der Waals surface area contributed by atoms with Gasteiger partial charge in [-0.25, -0.2) is 0 Å². The van der Waals surface area contributed by atoms with Crippen molar-refractivity contribution >= 4 is 17.7 Å². The van der Waals surface area contributed by atoms with E-state index in [0.29, 0.717) is 6.04 Å². The van der Waals surface area contributed by atoms with E-state index in [2.05, 4.69) is 59.9 Å². The molecule has 0 radical (unpaired) electrons. The summed E-state index contributed by atoms with van der Waals surface area (Å²) >= 11 is 1.84. The molecule has 1 saturated heterocycles. The van der Waals surface area contributed by atoms with Crippen molar-refractivity contribution in [1.29, 1.82) is 0 Å². The molecule has 140 valence electrons. The molecule has 5 nitrogen and oxygen atoms in total. The van der Waals surface area contributed by atoms with Gasteiger partial charge in [-0.2, -0.15) is 11.8 Å². The molecular weight excluding hydrogens is 332 g/mol. The molecule has 6 heteroatoms. The van der Waals surface area contributed by atoms with Crippen molar-refractivity contribution in [3.63, 3.8) is 0 Å². The molecule has 1 aliphatic heterocycles. The maximum absolute atomic E-state index is 5.53. The van der Waals surface area contributed by atoms with Crippen molar-refractivity contribution in [2.75, 3.05) is 57.9 Å². The first-order chi connectivity index (χ1) is 12.2. The summed E-state index contributed by atoms with van der Waals surface area (Å²) in [5, 5.41) is 6.76. The van der Waals surface area contributed by atoms with Crippen molar-refractivity contribution < 1.29 is 4.74 Å². The molecule has 0 aromatic heterocycles. The monoisotopic (exact) mass is 364 g/mol. The summed E-state index contributed by atoms with van der Waals surface area (Å²) in [7, 11) is 0. The van der Waals surface area contributed by atoms with Gasteiger partial charge in [0.2, 0.25) is 0 Å². The van der Waals surface area contributed by atoms with E-state index in [-0.39, 0.29) is 0 Å². The molecular formula is C19H32N4OS. The summed E-state index contributed by atoms with van der Waals surface area (Å²) in [4.78, 5) is 7.35. The van der Waals surface area contributed by atoms with Gasteiger partial charge in [-0.05, 0) is 25.7 Å². The van der Waals surface area contributed by atoms with E-state index in [9.17, 15) is 0 Å². The Balaban J connectivity index is 2.10. The van der Waals surface area contributed by atoms with Crippen molar-refractivity contribution in [3.05, 3.63) is 35.4 Å². The molecule has 0 saturated carbocycles. The van der Waals surface area contributed by atoms with Crippen LogP contribution in [0.2, 0.25) is 0 Å². The Morgan fingerprint density at radius 2 is 1.96 bits per heavy atom. The van der Waals surface area contributed by atoms with Gasteiger partial charge >= 0.3 is 0 Å². The Bertz CT molecular complexity index is 515. The average Bonchev–Trinajstić information content (AvgIpc) is 2.64. The fourth-order valence-electron chi connectivity index (χ4n) is 2.90. The second-order valence-electron chi connectivity index (χ2n) is 6.21. The maximum atomic E-state index is 5.53. The van der Waals surface area contributed by atoms with Crippen LogP contribution >= 0.6 is 11.8 Å². The largest absolute Gasteiger partial charge is 0.379 e. The number of thioether (sulfide) groups is 1. The van der Waals surface area contributed by atoms with Crippen molar-refractivity contribution in [1.82, 2.24) is 15.5 Å². The normalized spacial score (nSPS) is 17.3. The maximum Gasteiger partial charge on any atom is 0.191 e. The molecule has 1 atom stereocenters. The van der Waals surface area contributed by atoms with Crippen LogP contribution < -0.4 is 10.6 Å². The zero-order valence-electron chi connectivity index (χ0n) is 15.8. The molecule has 2 N–H and O–H groups in total. The van der Waals surface area contributed by atoms with Gasteiger partial charge in [-0.3, -0.25) is 9.89 Å². The van der Waals surface area contributed by atoms with Crippen LogP contribution in [-0.2, 0) is 4.74 Å². The lowest BCUT2D eigenvalue weighted by Gasteiger charge is -2.34. The number of aliphatic imine (C=N–C) groups is 1. The van der Waals surface area contributed by atoms with E-state index in [1.807, 2.05) is 11.8 Å². The second kappa shape index (κ2) is 11.4.